The second-order valence-electron chi connectivity index (χ2n) is 7.41. The number of nitrogens with zero attached hydrogens (tertiary/aromatic N) is 4. The van der Waals surface area contributed by atoms with Crippen molar-refractivity contribution in [2.24, 2.45) is 5.92 Å². The predicted octanol–water partition coefficient (Wildman–Crippen LogP) is 2.82. The number of nitro groups is 1. The summed E-state index contributed by atoms with van der Waals surface area (Å²) in [5.41, 5.74) is 1.83. The number of para-hydroxylation sites is 1. The molecule has 2 amide bonds. The van der Waals surface area contributed by atoms with Gasteiger partial charge >= 0.3 is 0 Å². The molecule has 2 aliphatic rings. The number of piperazine rings is 1. The van der Waals surface area contributed by atoms with E-state index < -0.39 is 10.8 Å². The first-order valence-corrected chi connectivity index (χ1v) is 9.66. The van der Waals surface area contributed by atoms with Crippen LogP contribution in [0.3, 0.4) is 0 Å². The third kappa shape index (κ3) is 3.53. The van der Waals surface area contributed by atoms with Crippen LogP contribution >= 0.6 is 0 Å². The Morgan fingerprint density at radius 1 is 0.931 bits per heavy atom. The summed E-state index contributed by atoms with van der Waals surface area (Å²) < 4.78 is 0. The van der Waals surface area contributed by atoms with E-state index in [1.165, 1.54) is 6.07 Å². The number of nitro benzene ring substituents is 1. The number of benzene rings is 2. The van der Waals surface area contributed by atoms with E-state index in [9.17, 15) is 19.7 Å². The van der Waals surface area contributed by atoms with Crippen LogP contribution in [0.2, 0.25) is 0 Å². The van der Waals surface area contributed by atoms with Crippen LogP contribution in [0.4, 0.5) is 22.7 Å². The minimum Gasteiger partial charge on any atom is -0.368 e. The van der Waals surface area contributed by atoms with Gasteiger partial charge in [0, 0.05) is 50.3 Å². The highest BCUT2D eigenvalue weighted by atomic mass is 16.6. The third-order valence-electron chi connectivity index (χ3n) is 5.53. The second kappa shape index (κ2) is 7.54. The van der Waals surface area contributed by atoms with Gasteiger partial charge in [-0.1, -0.05) is 25.1 Å². The average molecular weight is 394 g/mol. The number of amides is 2. The number of hydrogen-bond donors (Lipinski definition) is 0. The van der Waals surface area contributed by atoms with E-state index in [-0.39, 0.29) is 29.6 Å². The van der Waals surface area contributed by atoms with E-state index in [2.05, 4.69) is 17.0 Å². The monoisotopic (exact) mass is 394 g/mol. The number of imide groups is 1. The summed E-state index contributed by atoms with van der Waals surface area (Å²) in [5, 5.41) is 11.7. The maximum Gasteiger partial charge on any atom is 0.294 e. The van der Waals surface area contributed by atoms with E-state index in [4.69, 9.17) is 0 Å². The molecule has 2 heterocycles. The van der Waals surface area contributed by atoms with Crippen molar-refractivity contribution in [1.82, 2.24) is 0 Å². The van der Waals surface area contributed by atoms with Crippen LogP contribution in [-0.4, -0.2) is 42.9 Å². The Labute approximate surface area is 168 Å². The zero-order chi connectivity index (χ0) is 20.5. The van der Waals surface area contributed by atoms with Gasteiger partial charge in [-0.15, -0.1) is 0 Å². The third-order valence-corrected chi connectivity index (χ3v) is 5.53. The Morgan fingerprint density at radius 3 is 2.17 bits per heavy atom. The Bertz CT molecular complexity index is 954. The first-order valence-electron chi connectivity index (χ1n) is 9.66. The molecule has 2 aromatic carbocycles. The lowest BCUT2D eigenvalue weighted by molar-refractivity contribution is -0.384. The molecular formula is C21H22N4O4. The van der Waals surface area contributed by atoms with Crippen molar-refractivity contribution in [3.05, 3.63) is 58.6 Å². The molecule has 8 nitrogen and oxygen atoms in total. The first-order chi connectivity index (χ1) is 14.0. The Morgan fingerprint density at radius 2 is 1.59 bits per heavy atom. The van der Waals surface area contributed by atoms with E-state index in [0.29, 0.717) is 18.8 Å². The minimum absolute atomic E-state index is 0.0872. The molecule has 0 spiro atoms. The lowest BCUT2D eigenvalue weighted by atomic mass is 10.1. The first kappa shape index (κ1) is 18.9. The molecule has 0 bridgehead atoms. The number of carbonyl (C=O) groups is 2. The Balaban J connectivity index is 1.56. The minimum atomic E-state index is -0.448. The van der Waals surface area contributed by atoms with Crippen LogP contribution in [0.25, 0.3) is 0 Å². The number of hydrogen-bond acceptors (Lipinski definition) is 6. The van der Waals surface area contributed by atoms with Crippen molar-refractivity contribution in [1.29, 1.82) is 0 Å². The van der Waals surface area contributed by atoms with Crippen molar-refractivity contribution in [2.45, 2.75) is 13.3 Å². The highest BCUT2D eigenvalue weighted by Gasteiger charge is 2.37. The van der Waals surface area contributed by atoms with Crippen LogP contribution in [-0.2, 0) is 9.59 Å². The Kier molecular flexibility index (Phi) is 4.92. The van der Waals surface area contributed by atoms with Gasteiger partial charge in [0.15, 0.2) is 0 Å². The maximum atomic E-state index is 12.3. The molecule has 2 fully saturated rings. The topological polar surface area (TPSA) is 87.0 Å². The summed E-state index contributed by atoms with van der Waals surface area (Å²) in [6.07, 6.45) is 0.135. The van der Waals surface area contributed by atoms with Crippen LogP contribution in [0, 0.1) is 16.0 Å². The lowest BCUT2D eigenvalue weighted by Gasteiger charge is -2.37. The van der Waals surface area contributed by atoms with Gasteiger partial charge in [-0.25, -0.2) is 0 Å². The fourth-order valence-electron chi connectivity index (χ4n) is 3.96. The van der Waals surface area contributed by atoms with Crippen molar-refractivity contribution < 1.29 is 14.5 Å². The van der Waals surface area contributed by atoms with Gasteiger partial charge in [-0.05, 0) is 24.3 Å². The van der Waals surface area contributed by atoms with Crippen molar-refractivity contribution in [3.8, 4) is 0 Å². The predicted molar refractivity (Wildman–Crippen MR) is 110 cm³/mol. The fourth-order valence-corrected chi connectivity index (χ4v) is 3.96. The SMILES string of the molecule is C[C@@H]1CC(=O)N(c2ccc(N3CCN(c4ccccc4)CC3)c([N+](=O)[O-])c2)C1=O. The molecule has 0 saturated carbocycles. The van der Waals surface area contributed by atoms with Gasteiger partial charge in [-0.2, -0.15) is 0 Å². The zero-order valence-electron chi connectivity index (χ0n) is 16.2. The van der Waals surface area contributed by atoms with E-state index >= 15 is 0 Å². The van der Waals surface area contributed by atoms with Crippen LogP contribution in [0.5, 0.6) is 0 Å². The molecule has 0 N–H and O–H groups in total. The average Bonchev–Trinajstić information content (AvgIpc) is 3.00. The van der Waals surface area contributed by atoms with Gasteiger partial charge in [-0.3, -0.25) is 24.6 Å². The van der Waals surface area contributed by atoms with Crippen LogP contribution in [0.1, 0.15) is 13.3 Å². The number of rotatable bonds is 4. The van der Waals surface area contributed by atoms with Crippen LogP contribution < -0.4 is 14.7 Å². The van der Waals surface area contributed by atoms with E-state index in [1.807, 2.05) is 23.1 Å². The van der Waals surface area contributed by atoms with Gasteiger partial charge in [0.2, 0.25) is 11.8 Å². The van der Waals surface area contributed by atoms with E-state index in [1.54, 1.807) is 19.1 Å². The summed E-state index contributed by atoms with van der Waals surface area (Å²) in [4.78, 5) is 41.0. The standard InChI is InChI=1S/C21H22N4O4/c1-15-13-20(26)24(21(15)27)17-7-8-18(19(14-17)25(28)29)23-11-9-22(10-12-23)16-5-3-2-4-6-16/h2-8,14-15H,9-13H2,1H3/t15-/m1/s1. The highest BCUT2D eigenvalue weighted by molar-refractivity contribution is 6.21. The van der Waals surface area contributed by atoms with Crippen LogP contribution in [0.15, 0.2) is 48.5 Å². The smallest absolute Gasteiger partial charge is 0.294 e. The molecule has 4 rings (SSSR count). The summed E-state index contributed by atoms with van der Waals surface area (Å²) in [7, 11) is 0. The molecule has 1 atom stereocenters. The van der Waals surface area contributed by atoms with Crippen molar-refractivity contribution >= 4 is 34.6 Å². The van der Waals surface area contributed by atoms with Gasteiger partial charge in [0.25, 0.3) is 5.69 Å². The molecule has 0 unspecified atom stereocenters. The van der Waals surface area contributed by atoms with Crippen molar-refractivity contribution in [2.75, 3.05) is 40.9 Å². The largest absolute Gasteiger partial charge is 0.368 e. The summed E-state index contributed by atoms with van der Waals surface area (Å²) in [6.45, 7) is 4.49. The number of carbonyl (C=O) groups excluding carboxylic acids is 2. The summed E-state index contributed by atoms with van der Waals surface area (Å²) in [5.74, 6) is -1.03. The number of anilines is 3. The molecule has 0 aromatic heterocycles. The molecule has 0 aliphatic carbocycles. The van der Waals surface area contributed by atoms with Gasteiger partial charge in [0.1, 0.15) is 5.69 Å². The lowest BCUT2D eigenvalue weighted by Crippen LogP contribution is -2.46. The van der Waals surface area contributed by atoms with Crippen molar-refractivity contribution in [3.63, 3.8) is 0 Å². The molecule has 8 heteroatoms. The molecular weight excluding hydrogens is 372 g/mol. The normalized spacial score (nSPS) is 19.8. The summed E-state index contributed by atoms with van der Waals surface area (Å²) in [6, 6.07) is 14.7. The molecule has 2 aromatic rings. The summed E-state index contributed by atoms with van der Waals surface area (Å²) >= 11 is 0. The second-order valence-corrected chi connectivity index (χ2v) is 7.41. The Hall–Kier alpha value is -3.42. The fraction of sp³-hybridized carbons (Fsp3) is 0.333. The molecule has 150 valence electrons. The highest BCUT2D eigenvalue weighted by Crippen LogP contribution is 2.35. The molecule has 2 saturated heterocycles. The van der Waals surface area contributed by atoms with Gasteiger partial charge in [0.05, 0.1) is 10.6 Å². The zero-order valence-corrected chi connectivity index (χ0v) is 16.2. The maximum absolute atomic E-state index is 12.3. The van der Waals surface area contributed by atoms with Gasteiger partial charge < -0.3 is 9.80 Å². The molecule has 29 heavy (non-hydrogen) atoms. The molecule has 2 aliphatic heterocycles. The molecule has 0 radical (unpaired) electrons. The quantitative estimate of drug-likeness (QED) is 0.450. The van der Waals surface area contributed by atoms with E-state index in [0.717, 1.165) is 23.7 Å².